The molecule has 0 heterocycles. The lowest BCUT2D eigenvalue weighted by molar-refractivity contribution is -0.133. The molecule has 1 aromatic carbocycles. The molecule has 0 aliphatic rings. The van der Waals surface area contributed by atoms with Crippen molar-refractivity contribution in [3.8, 4) is 0 Å². The maximum atomic E-state index is 11.5. The van der Waals surface area contributed by atoms with Gasteiger partial charge in [0.05, 0.1) is 7.11 Å². The van der Waals surface area contributed by atoms with E-state index >= 15 is 0 Å². The van der Waals surface area contributed by atoms with Crippen LogP contribution >= 0.6 is 0 Å². The number of oxime groups is 1. The fourth-order valence-corrected chi connectivity index (χ4v) is 1.55. The van der Waals surface area contributed by atoms with Gasteiger partial charge >= 0.3 is 5.97 Å². The second kappa shape index (κ2) is 6.76. The van der Waals surface area contributed by atoms with Crippen LogP contribution in [0.4, 0.5) is 0 Å². The van der Waals surface area contributed by atoms with Crippen molar-refractivity contribution in [1.82, 2.24) is 0 Å². The Morgan fingerprint density at radius 1 is 1.39 bits per heavy atom. The summed E-state index contributed by atoms with van der Waals surface area (Å²) in [5.74, 6) is -0.712. The average molecular weight is 251 g/mol. The molecule has 1 N–H and O–H groups in total. The zero-order chi connectivity index (χ0) is 13.5. The van der Waals surface area contributed by atoms with E-state index in [1.807, 2.05) is 31.2 Å². The number of methoxy groups -OCH3 is 1. The van der Waals surface area contributed by atoms with Crippen molar-refractivity contribution in [3.63, 3.8) is 0 Å². The predicted octanol–water partition coefficient (Wildman–Crippen LogP) is 2.08. The molecule has 0 saturated carbocycles. The minimum absolute atomic E-state index is 0.164. The maximum absolute atomic E-state index is 11.5. The van der Waals surface area contributed by atoms with Gasteiger partial charge in [-0.05, 0) is 19.4 Å². The number of nitrogens with zero attached hydrogens (tertiary/aromatic N) is 1. The molecule has 0 amide bonds. The molecule has 0 radical (unpaired) electrons. The number of ether oxygens (including phenoxy) is 2. The van der Waals surface area contributed by atoms with Crippen molar-refractivity contribution in [2.24, 2.45) is 5.16 Å². The first kappa shape index (κ1) is 14.2. The Labute approximate surface area is 106 Å². The van der Waals surface area contributed by atoms with Crippen LogP contribution in [0.25, 0.3) is 0 Å². The van der Waals surface area contributed by atoms with Gasteiger partial charge in [0.15, 0.2) is 5.71 Å². The number of benzene rings is 1. The Morgan fingerprint density at radius 2 is 2.00 bits per heavy atom. The Kier molecular flexibility index (Phi) is 5.32. The lowest BCUT2D eigenvalue weighted by Gasteiger charge is -2.17. The Hall–Kier alpha value is -1.88. The van der Waals surface area contributed by atoms with Crippen LogP contribution in [-0.4, -0.2) is 30.6 Å². The van der Waals surface area contributed by atoms with Crippen molar-refractivity contribution in [3.05, 3.63) is 35.4 Å². The highest BCUT2D eigenvalue weighted by Crippen LogP contribution is 2.20. The fraction of sp³-hybridized carbons (Fsp3) is 0.385. The third-order valence-corrected chi connectivity index (χ3v) is 2.46. The third-order valence-electron chi connectivity index (χ3n) is 2.46. The smallest absolute Gasteiger partial charge is 0.358 e. The molecule has 1 unspecified atom stereocenters. The normalized spacial score (nSPS) is 13.2. The third kappa shape index (κ3) is 3.30. The molecule has 0 bridgehead atoms. The van der Waals surface area contributed by atoms with Crippen molar-refractivity contribution in [2.75, 3.05) is 13.7 Å². The molecule has 0 spiro atoms. The van der Waals surface area contributed by atoms with Gasteiger partial charge in [-0.15, -0.1) is 0 Å². The highest BCUT2D eigenvalue weighted by molar-refractivity contribution is 6.38. The number of hydrogen-bond donors (Lipinski definition) is 1. The molecule has 1 atom stereocenters. The van der Waals surface area contributed by atoms with E-state index in [9.17, 15) is 4.79 Å². The van der Waals surface area contributed by atoms with Gasteiger partial charge < -0.3 is 14.7 Å². The van der Waals surface area contributed by atoms with Gasteiger partial charge in [-0.2, -0.15) is 0 Å². The van der Waals surface area contributed by atoms with Gasteiger partial charge in [-0.3, -0.25) is 0 Å². The Balaban J connectivity index is 3.08. The zero-order valence-electron chi connectivity index (χ0n) is 10.7. The van der Waals surface area contributed by atoms with Crippen LogP contribution in [-0.2, 0) is 14.3 Å². The topological polar surface area (TPSA) is 68.1 Å². The minimum Gasteiger partial charge on any atom is -0.464 e. The van der Waals surface area contributed by atoms with E-state index in [4.69, 9.17) is 9.94 Å². The summed E-state index contributed by atoms with van der Waals surface area (Å²) in [5, 5.41) is 11.9. The van der Waals surface area contributed by atoms with Gasteiger partial charge in [0.25, 0.3) is 0 Å². The van der Waals surface area contributed by atoms with E-state index in [-0.39, 0.29) is 5.71 Å². The summed E-state index contributed by atoms with van der Waals surface area (Å²) in [7, 11) is 1.23. The van der Waals surface area contributed by atoms with E-state index in [0.717, 1.165) is 11.1 Å². The largest absolute Gasteiger partial charge is 0.464 e. The number of carbonyl (C=O) groups is 1. The molecule has 1 aromatic rings. The molecule has 0 aromatic heterocycles. The summed E-state index contributed by atoms with van der Waals surface area (Å²) < 4.78 is 10.0. The molecule has 18 heavy (non-hydrogen) atoms. The Bertz CT molecular complexity index is 425. The highest BCUT2D eigenvalue weighted by atomic mass is 16.5. The van der Waals surface area contributed by atoms with Gasteiger partial charge in [0.2, 0.25) is 0 Å². The average Bonchev–Trinajstić information content (AvgIpc) is 2.39. The van der Waals surface area contributed by atoms with Gasteiger partial charge in [0, 0.05) is 6.61 Å². The summed E-state index contributed by atoms with van der Waals surface area (Å²) in [5.41, 5.74) is 1.67. The molecule has 0 aliphatic heterocycles. The molecule has 0 fully saturated rings. The summed E-state index contributed by atoms with van der Waals surface area (Å²) in [6.07, 6.45) is -0.729. The van der Waals surface area contributed by atoms with Crippen molar-refractivity contribution >= 4 is 11.7 Å². The molecule has 0 saturated heterocycles. The van der Waals surface area contributed by atoms with E-state index < -0.39 is 12.1 Å². The minimum atomic E-state index is -0.729. The molecule has 5 nitrogen and oxygen atoms in total. The quantitative estimate of drug-likeness (QED) is 0.376. The molecule has 98 valence electrons. The number of aryl methyl sites for hydroxylation is 1. The van der Waals surface area contributed by atoms with Crippen LogP contribution in [0.3, 0.4) is 0 Å². The molecule has 0 aliphatic carbocycles. The predicted molar refractivity (Wildman–Crippen MR) is 66.8 cm³/mol. The van der Waals surface area contributed by atoms with Crippen LogP contribution in [0.1, 0.15) is 24.2 Å². The number of carbonyl (C=O) groups excluding carboxylic acids is 1. The standard InChI is InChI=1S/C13H17NO4/c1-4-18-12(11(14-16)13(15)17-3)10-7-5-9(2)6-8-10/h5-8,12,16H,4H2,1-3H3/b14-11-. The monoisotopic (exact) mass is 251 g/mol. The highest BCUT2D eigenvalue weighted by Gasteiger charge is 2.26. The first-order valence-corrected chi connectivity index (χ1v) is 5.62. The van der Waals surface area contributed by atoms with Crippen LogP contribution in [0.2, 0.25) is 0 Å². The van der Waals surface area contributed by atoms with Crippen molar-refractivity contribution < 1.29 is 19.5 Å². The van der Waals surface area contributed by atoms with Gasteiger partial charge in [-0.1, -0.05) is 35.0 Å². The zero-order valence-corrected chi connectivity index (χ0v) is 10.7. The van der Waals surface area contributed by atoms with Crippen molar-refractivity contribution in [2.45, 2.75) is 20.0 Å². The van der Waals surface area contributed by atoms with Crippen molar-refractivity contribution in [1.29, 1.82) is 0 Å². The van der Waals surface area contributed by atoms with Crippen LogP contribution in [0.5, 0.6) is 0 Å². The summed E-state index contributed by atoms with van der Waals surface area (Å²) in [4.78, 5) is 11.5. The van der Waals surface area contributed by atoms with Crippen LogP contribution in [0.15, 0.2) is 29.4 Å². The lowest BCUT2D eigenvalue weighted by atomic mass is 10.0. The SMILES string of the molecule is CCOC(/C(=N/O)C(=O)OC)c1ccc(C)cc1. The second-order valence-electron chi connectivity index (χ2n) is 3.72. The fourth-order valence-electron chi connectivity index (χ4n) is 1.55. The first-order valence-electron chi connectivity index (χ1n) is 5.62. The summed E-state index contributed by atoms with van der Waals surface area (Å²) in [6.45, 7) is 4.14. The molecular weight excluding hydrogens is 234 g/mol. The number of hydrogen-bond acceptors (Lipinski definition) is 5. The van der Waals surface area contributed by atoms with E-state index in [0.29, 0.717) is 6.61 Å². The second-order valence-corrected chi connectivity index (χ2v) is 3.72. The summed E-state index contributed by atoms with van der Waals surface area (Å²) in [6, 6.07) is 7.44. The van der Waals surface area contributed by atoms with Gasteiger partial charge in [-0.25, -0.2) is 4.79 Å². The first-order chi connectivity index (χ1) is 8.63. The number of esters is 1. The summed E-state index contributed by atoms with van der Waals surface area (Å²) >= 11 is 0. The molecule has 5 heteroatoms. The van der Waals surface area contributed by atoms with E-state index in [1.165, 1.54) is 7.11 Å². The van der Waals surface area contributed by atoms with E-state index in [1.54, 1.807) is 6.92 Å². The van der Waals surface area contributed by atoms with Gasteiger partial charge in [0.1, 0.15) is 6.10 Å². The lowest BCUT2D eigenvalue weighted by Crippen LogP contribution is -2.26. The Morgan fingerprint density at radius 3 is 2.44 bits per heavy atom. The molecule has 1 rings (SSSR count). The van der Waals surface area contributed by atoms with Crippen LogP contribution in [0, 0.1) is 6.92 Å². The molecular formula is C13H17NO4. The number of rotatable bonds is 5. The maximum Gasteiger partial charge on any atom is 0.358 e. The van der Waals surface area contributed by atoms with E-state index in [2.05, 4.69) is 9.89 Å². The van der Waals surface area contributed by atoms with Crippen LogP contribution < -0.4 is 0 Å².